The van der Waals surface area contributed by atoms with Crippen LogP contribution < -0.4 is 0 Å². The van der Waals surface area contributed by atoms with Gasteiger partial charge in [0.25, 0.3) is 0 Å². The van der Waals surface area contributed by atoms with Crippen LogP contribution in [0.25, 0.3) is 0 Å². The number of hydrogen-bond donors (Lipinski definition) is 2. The Hall–Kier alpha value is -0.670. The Morgan fingerprint density at radius 1 is 1.45 bits per heavy atom. The summed E-state index contributed by atoms with van der Waals surface area (Å²) in [6.45, 7) is 0.368. The van der Waals surface area contributed by atoms with Crippen LogP contribution in [0.1, 0.15) is 12.8 Å². The maximum atomic E-state index is 12.3. The zero-order valence-corrected chi connectivity index (χ0v) is 12.8. The first-order valence-electron chi connectivity index (χ1n) is 5.98. The van der Waals surface area contributed by atoms with Crippen molar-refractivity contribution in [1.82, 2.24) is 4.31 Å². The van der Waals surface area contributed by atoms with E-state index in [1.807, 2.05) is 0 Å². The molecule has 9 heteroatoms. The molecule has 1 aliphatic rings. The van der Waals surface area contributed by atoms with E-state index in [2.05, 4.69) is 0 Å². The van der Waals surface area contributed by atoms with E-state index in [0.29, 0.717) is 12.8 Å². The standard InChI is InChI=1S/C11H14ClNO5S2/c12-10-8(3-6-19-10)20(17,18)13-4-1-7(2-5-13)9(14)11(15)16/h3,6-7,9,14H,1-2,4-5H2,(H,15,16). The van der Waals surface area contributed by atoms with Crippen LogP contribution >= 0.6 is 22.9 Å². The van der Waals surface area contributed by atoms with E-state index in [9.17, 15) is 18.3 Å². The van der Waals surface area contributed by atoms with E-state index >= 15 is 0 Å². The highest BCUT2D eigenvalue weighted by atomic mass is 35.5. The number of hydrogen-bond acceptors (Lipinski definition) is 5. The van der Waals surface area contributed by atoms with Gasteiger partial charge in [0.1, 0.15) is 9.23 Å². The Labute approximate surface area is 125 Å². The summed E-state index contributed by atoms with van der Waals surface area (Å²) >= 11 is 7.01. The van der Waals surface area contributed by atoms with Gasteiger partial charge in [0.2, 0.25) is 10.0 Å². The van der Waals surface area contributed by atoms with E-state index in [4.69, 9.17) is 16.7 Å². The predicted octanol–water partition coefficient (Wildman–Crippen LogP) is 1.25. The highest BCUT2D eigenvalue weighted by molar-refractivity contribution is 7.89. The van der Waals surface area contributed by atoms with Crippen LogP contribution in [0, 0.1) is 5.92 Å². The number of halogens is 1. The molecule has 0 aromatic carbocycles. The second kappa shape index (κ2) is 5.98. The molecule has 0 amide bonds. The molecule has 6 nitrogen and oxygen atoms in total. The van der Waals surface area contributed by atoms with Crippen molar-refractivity contribution in [2.75, 3.05) is 13.1 Å². The maximum absolute atomic E-state index is 12.3. The SMILES string of the molecule is O=C(O)C(O)C1CCN(S(=O)(=O)c2ccsc2Cl)CC1. The molecule has 1 aromatic heterocycles. The van der Waals surface area contributed by atoms with Crippen molar-refractivity contribution in [3.8, 4) is 0 Å². The molecule has 0 saturated carbocycles. The minimum absolute atomic E-state index is 0.0846. The highest BCUT2D eigenvalue weighted by Gasteiger charge is 2.35. The van der Waals surface area contributed by atoms with E-state index in [1.54, 1.807) is 5.38 Å². The summed E-state index contributed by atoms with van der Waals surface area (Å²) in [6.07, 6.45) is -0.812. The van der Waals surface area contributed by atoms with Gasteiger partial charge in [-0.3, -0.25) is 0 Å². The third-order valence-corrected chi connectivity index (χ3v) is 6.75. The molecule has 2 heterocycles. The van der Waals surface area contributed by atoms with Crippen LogP contribution in [0.15, 0.2) is 16.3 Å². The third kappa shape index (κ3) is 2.99. The van der Waals surface area contributed by atoms with Gasteiger partial charge in [-0.2, -0.15) is 4.31 Å². The molecule has 0 radical (unpaired) electrons. The number of aliphatic hydroxyl groups excluding tert-OH is 1. The minimum Gasteiger partial charge on any atom is -0.479 e. The Morgan fingerprint density at radius 3 is 2.50 bits per heavy atom. The lowest BCUT2D eigenvalue weighted by atomic mass is 9.92. The number of carbonyl (C=O) groups is 1. The number of aliphatic hydroxyl groups is 1. The molecule has 2 N–H and O–H groups in total. The van der Waals surface area contributed by atoms with E-state index in [1.165, 1.54) is 10.4 Å². The van der Waals surface area contributed by atoms with Crippen molar-refractivity contribution in [1.29, 1.82) is 0 Å². The molecule has 0 aliphatic carbocycles. The molecule has 112 valence electrons. The van der Waals surface area contributed by atoms with Gasteiger partial charge in [-0.05, 0) is 30.2 Å². The number of aliphatic carboxylic acids is 1. The fourth-order valence-corrected chi connectivity index (χ4v) is 5.22. The van der Waals surface area contributed by atoms with Gasteiger partial charge in [-0.25, -0.2) is 13.2 Å². The van der Waals surface area contributed by atoms with Crippen LogP contribution in [0.4, 0.5) is 0 Å². The van der Waals surface area contributed by atoms with Gasteiger partial charge in [-0.15, -0.1) is 11.3 Å². The van der Waals surface area contributed by atoms with Crippen molar-refractivity contribution in [3.63, 3.8) is 0 Å². The van der Waals surface area contributed by atoms with Gasteiger partial charge < -0.3 is 10.2 Å². The van der Waals surface area contributed by atoms with Crippen LogP contribution in [0.3, 0.4) is 0 Å². The van der Waals surface area contributed by atoms with Crippen molar-refractivity contribution in [3.05, 3.63) is 15.8 Å². The van der Waals surface area contributed by atoms with Gasteiger partial charge in [0, 0.05) is 13.1 Å². The molecule has 1 atom stereocenters. The first-order valence-corrected chi connectivity index (χ1v) is 8.68. The average Bonchev–Trinajstić information content (AvgIpc) is 2.85. The summed E-state index contributed by atoms with van der Waals surface area (Å²) in [7, 11) is -3.64. The molecule has 20 heavy (non-hydrogen) atoms. The summed E-state index contributed by atoms with van der Waals surface area (Å²) in [5, 5.41) is 19.8. The second-order valence-electron chi connectivity index (χ2n) is 4.58. The summed E-state index contributed by atoms with van der Waals surface area (Å²) in [5.74, 6) is -1.69. The number of carboxylic acids is 1. The fraction of sp³-hybridized carbons (Fsp3) is 0.545. The molecule has 1 aliphatic heterocycles. The molecule has 1 fully saturated rings. The number of carboxylic acid groups (broad SMARTS) is 1. The topological polar surface area (TPSA) is 94.9 Å². The van der Waals surface area contributed by atoms with E-state index < -0.39 is 28.0 Å². The van der Waals surface area contributed by atoms with Crippen LogP contribution in [0.2, 0.25) is 4.34 Å². The molecular weight excluding hydrogens is 326 g/mol. The molecule has 1 saturated heterocycles. The largest absolute Gasteiger partial charge is 0.479 e. The number of piperidine rings is 1. The molecule has 0 bridgehead atoms. The van der Waals surface area contributed by atoms with Crippen molar-refractivity contribution in [2.45, 2.75) is 23.8 Å². The molecule has 1 aromatic rings. The maximum Gasteiger partial charge on any atom is 0.332 e. The van der Waals surface area contributed by atoms with Gasteiger partial charge in [-0.1, -0.05) is 11.6 Å². The number of thiophene rings is 1. The van der Waals surface area contributed by atoms with Crippen molar-refractivity contribution in [2.24, 2.45) is 5.92 Å². The number of sulfonamides is 1. The third-order valence-electron chi connectivity index (χ3n) is 3.40. The molecular formula is C11H14ClNO5S2. The fourth-order valence-electron chi connectivity index (χ4n) is 2.24. The Bertz CT molecular complexity index is 592. The van der Waals surface area contributed by atoms with Crippen molar-refractivity contribution >= 4 is 38.9 Å². The van der Waals surface area contributed by atoms with E-state index in [0.717, 1.165) is 11.3 Å². The monoisotopic (exact) mass is 339 g/mol. The molecule has 2 rings (SSSR count). The smallest absolute Gasteiger partial charge is 0.332 e. The average molecular weight is 340 g/mol. The molecule has 0 spiro atoms. The summed E-state index contributed by atoms with van der Waals surface area (Å²) in [4.78, 5) is 10.8. The van der Waals surface area contributed by atoms with Crippen LogP contribution in [-0.2, 0) is 14.8 Å². The zero-order chi connectivity index (χ0) is 14.9. The van der Waals surface area contributed by atoms with Crippen LogP contribution in [0.5, 0.6) is 0 Å². The Kier molecular flexibility index (Phi) is 4.70. The predicted molar refractivity (Wildman–Crippen MR) is 74.5 cm³/mol. The normalized spacial score (nSPS) is 19.9. The van der Waals surface area contributed by atoms with Gasteiger partial charge in [0.15, 0.2) is 6.10 Å². The first kappa shape index (κ1) is 15.7. The first-order chi connectivity index (χ1) is 9.34. The molecule has 1 unspecified atom stereocenters. The highest BCUT2D eigenvalue weighted by Crippen LogP contribution is 2.32. The summed E-state index contributed by atoms with van der Waals surface area (Å²) in [6, 6.07) is 1.46. The lowest BCUT2D eigenvalue weighted by Crippen LogP contribution is -2.42. The number of nitrogens with zero attached hydrogens (tertiary/aromatic N) is 1. The Morgan fingerprint density at radius 2 is 2.05 bits per heavy atom. The summed E-state index contributed by atoms with van der Waals surface area (Å²) in [5.41, 5.74) is 0. The van der Waals surface area contributed by atoms with E-state index in [-0.39, 0.29) is 22.3 Å². The lowest BCUT2D eigenvalue weighted by Gasteiger charge is -2.32. The summed E-state index contributed by atoms with van der Waals surface area (Å²) < 4.78 is 26.2. The Balaban J connectivity index is 2.08. The van der Waals surface area contributed by atoms with Crippen LogP contribution in [-0.4, -0.2) is 48.1 Å². The van der Waals surface area contributed by atoms with Gasteiger partial charge in [0.05, 0.1) is 0 Å². The number of rotatable bonds is 4. The van der Waals surface area contributed by atoms with Crippen molar-refractivity contribution < 1.29 is 23.4 Å². The second-order valence-corrected chi connectivity index (χ2v) is 8.01. The quantitative estimate of drug-likeness (QED) is 0.860. The van der Waals surface area contributed by atoms with Gasteiger partial charge >= 0.3 is 5.97 Å². The lowest BCUT2D eigenvalue weighted by molar-refractivity contribution is -0.150. The minimum atomic E-state index is -3.64. The zero-order valence-electron chi connectivity index (χ0n) is 10.4.